The third-order valence-corrected chi connectivity index (χ3v) is 5.32. The van der Waals surface area contributed by atoms with E-state index in [4.69, 9.17) is 9.72 Å². The molecule has 0 atom stereocenters. The molecule has 1 saturated carbocycles. The van der Waals surface area contributed by atoms with Gasteiger partial charge in [0.25, 0.3) is 5.91 Å². The van der Waals surface area contributed by atoms with Gasteiger partial charge >= 0.3 is 6.09 Å². The molecule has 2 amide bonds. The van der Waals surface area contributed by atoms with Crippen molar-refractivity contribution >= 4 is 29.5 Å². The summed E-state index contributed by atoms with van der Waals surface area (Å²) in [6.45, 7) is 6.75. The molecule has 190 valence electrons. The molecule has 0 spiro atoms. The number of amides is 2. The van der Waals surface area contributed by atoms with Crippen LogP contribution in [0, 0.1) is 0 Å². The van der Waals surface area contributed by atoms with E-state index in [2.05, 4.69) is 26.1 Å². The van der Waals surface area contributed by atoms with Gasteiger partial charge in [-0.1, -0.05) is 0 Å². The Morgan fingerprint density at radius 2 is 1.77 bits per heavy atom. The SMILES string of the molecule is CN(C)c1ccc(NC(=O)c2ccc(C3CC3)nc2NCCCCCNC(=O)OC(C)(C)C)nn1. The van der Waals surface area contributed by atoms with E-state index in [1.54, 1.807) is 12.1 Å². The van der Waals surface area contributed by atoms with Crippen LogP contribution in [-0.2, 0) is 4.74 Å². The highest BCUT2D eigenvalue weighted by Gasteiger charge is 2.26. The molecule has 2 aromatic heterocycles. The third-order valence-electron chi connectivity index (χ3n) is 5.32. The number of rotatable bonds is 11. The van der Waals surface area contributed by atoms with Crippen LogP contribution in [0.15, 0.2) is 24.3 Å². The normalized spacial score (nSPS) is 13.2. The number of alkyl carbamates (subject to hydrolysis) is 1. The van der Waals surface area contributed by atoms with Gasteiger partial charge in [0.2, 0.25) is 0 Å². The average Bonchev–Trinajstić information content (AvgIpc) is 3.63. The second kappa shape index (κ2) is 11.8. The fourth-order valence-electron chi connectivity index (χ4n) is 3.35. The highest BCUT2D eigenvalue weighted by Crippen LogP contribution is 2.39. The van der Waals surface area contributed by atoms with Crippen LogP contribution < -0.4 is 20.9 Å². The van der Waals surface area contributed by atoms with Gasteiger partial charge in [0.1, 0.15) is 11.4 Å². The molecule has 10 heteroatoms. The van der Waals surface area contributed by atoms with Gasteiger partial charge in [0.15, 0.2) is 11.6 Å². The molecule has 3 rings (SSSR count). The molecule has 2 aromatic rings. The zero-order chi connectivity index (χ0) is 25.4. The van der Waals surface area contributed by atoms with Gasteiger partial charge in [-0.25, -0.2) is 9.78 Å². The molecule has 1 fully saturated rings. The van der Waals surface area contributed by atoms with Gasteiger partial charge in [0, 0.05) is 38.8 Å². The van der Waals surface area contributed by atoms with Crippen molar-refractivity contribution in [3.63, 3.8) is 0 Å². The number of anilines is 3. The molecule has 35 heavy (non-hydrogen) atoms. The van der Waals surface area contributed by atoms with E-state index in [1.165, 1.54) is 0 Å². The van der Waals surface area contributed by atoms with Crippen LogP contribution in [0.3, 0.4) is 0 Å². The van der Waals surface area contributed by atoms with Gasteiger partial charge in [-0.3, -0.25) is 4.79 Å². The maximum atomic E-state index is 13.0. The molecule has 0 aromatic carbocycles. The standard InChI is InChI=1S/C25H37N7O3/c1-25(2,3)35-24(34)27-16-8-6-7-15-26-22-18(11-12-19(28-22)17-9-10-17)23(33)29-20-13-14-21(31-30-20)32(4)5/h11-14,17H,6-10,15-16H2,1-5H3,(H,26,28)(H,27,34)(H,29,30,33). The Balaban J connectivity index is 1.51. The highest BCUT2D eigenvalue weighted by atomic mass is 16.6. The summed E-state index contributed by atoms with van der Waals surface area (Å²) in [4.78, 5) is 31.2. The molecule has 10 nitrogen and oxygen atoms in total. The summed E-state index contributed by atoms with van der Waals surface area (Å²) in [6, 6.07) is 7.28. The first-order valence-corrected chi connectivity index (χ1v) is 12.2. The van der Waals surface area contributed by atoms with Gasteiger partial charge in [-0.2, -0.15) is 0 Å². The predicted molar refractivity (Wildman–Crippen MR) is 137 cm³/mol. The zero-order valence-corrected chi connectivity index (χ0v) is 21.4. The number of nitrogens with zero attached hydrogens (tertiary/aromatic N) is 4. The summed E-state index contributed by atoms with van der Waals surface area (Å²) >= 11 is 0. The molecule has 0 aliphatic heterocycles. The van der Waals surface area contributed by atoms with Crippen LogP contribution in [0.2, 0.25) is 0 Å². The van der Waals surface area contributed by atoms with E-state index in [0.717, 1.165) is 37.8 Å². The fourth-order valence-corrected chi connectivity index (χ4v) is 3.35. The van der Waals surface area contributed by atoms with E-state index >= 15 is 0 Å². The Bertz CT molecular complexity index is 999. The van der Waals surface area contributed by atoms with Crippen LogP contribution in [0.4, 0.5) is 22.2 Å². The fraction of sp³-hybridized carbons (Fsp3) is 0.560. The van der Waals surface area contributed by atoms with Gasteiger partial charge in [0.05, 0.1) is 5.56 Å². The molecule has 0 radical (unpaired) electrons. The van der Waals surface area contributed by atoms with E-state index in [0.29, 0.717) is 42.0 Å². The second-order valence-corrected chi connectivity index (χ2v) is 9.95. The van der Waals surface area contributed by atoms with Gasteiger partial charge < -0.3 is 25.6 Å². The summed E-state index contributed by atoms with van der Waals surface area (Å²) in [5.74, 6) is 1.88. The highest BCUT2D eigenvalue weighted by molar-refractivity contribution is 6.07. The first kappa shape index (κ1) is 26.2. The van der Waals surface area contributed by atoms with Crippen LogP contribution in [-0.4, -0.2) is 60.0 Å². The number of carbonyl (C=O) groups is 2. The Morgan fingerprint density at radius 1 is 1.03 bits per heavy atom. The van der Waals surface area contributed by atoms with E-state index in [-0.39, 0.29) is 5.91 Å². The molecule has 1 aliphatic carbocycles. The molecule has 0 saturated heterocycles. The maximum absolute atomic E-state index is 13.0. The van der Waals surface area contributed by atoms with Crippen LogP contribution in [0.25, 0.3) is 0 Å². The van der Waals surface area contributed by atoms with E-state index in [9.17, 15) is 9.59 Å². The number of unbranched alkanes of at least 4 members (excludes halogenated alkanes) is 2. The van der Waals surface area contributed by atoms with E-state index < -0.39 is 11.7 Å². The Morgan fingerprint density at radius 3 is 2.40 bits per heavy atom. The monoisotopic (exact) mass is 483 g/mol. The molecule has 3 N–H and O–H groups in total. The van der Waals surface area contributed by atoms with Gasteiger partial charge in [-0.05, 0) is 77.1 Å². The van der Waals surface area contributed by atoms with Crippen molar-refractivity contribution in [3.8, 4) is 0 Å². The lowest BCUT2D eigenvalue weighted by Crippen LogP contribution is -2.33. The quantitative estimate of drug-likeness (QED) is 0.407. The Labute approximate surface area is 207 Å². The zero-order valence-electron chi connectivity index (χ0n) is 21.4. The number of hydrogen-bond donors (Lipinski definition) is 3. The molecular formula is C25H37N7O3. The number of aromatic nitrogens is 3. The van der Waals surface area contributed by atoms with Crippen LogP contribution in [0.5, 0.6) is 0 Å². The van der Waals surface area contributed by atoms with Crippen molar-refractivity contribution in [2.75, 3.05) is 42.7 Å². The first-order valence-electron chi connectivity index (χ1n) is 12.2. The lowest BCUT2D eigenvalue weighted by Gasteiger charge is -2.19. The predicted octanol–water partition coefficient (Wildman–Crippen LogP) is 4.17. The molecule has 0 bridgehead atoms. The number of carbonyl (C=O) groups excluding carboxylic acids is 2. The maximum Gasteiger partial charge on any atom is 0.407 e. The second-order valence-electron chi connectivity index (χ2n) is 9.95. The molecule has 0 unspecified atom stereocenters. The Hall–Kier alpha value is -3.43. The molecular weight excluding hydrogens is 446 g/mol. The van der Waals surface area contributed by atoms with E-state index in [1.807, 2.05) is 51.9 Å². The van der Waals surface area contributed by atoms with Crippen molar-refractivity contribution in [2.45, 2.75) is 64.4 Å². The van der Waals surface area contributed by atoms with Crippen molar-refractivity contribution in [1.29, 1.82) is 0 Å². The third kappa shape index (κ3) is 8.70. The van der Waals surface area contributed by atoms with Crippen molar-refractivity contribution in [2.24, 2.45) is 0 Å². The average molecular weight is 484 g/mol. The van der Waals surface area contributed by atoms with Crippen molar-refractivity contribution < 1.29 is 14.3 Å². The van der Waals surface area contributed by atoms with Gasteiger partial charge in [-0.15, -0.1) is 10.2 Å². The summed E-state index contributed by atoms with van der Waals surface area (Å²) in [6.07, 6.45) is 4.51. The minimum atomic E-state index is -0.498. The number of ether oxygens (including phenoxy) is 1. The lowest BCUT2D eigenvalue weighted by molar-refractivity contribution is 0.0527. The topological polar surface area (TPSA) is 121 Å². The Kier molecular flexibility index (Phi) is 8.84. The summed E-state index contributed by atoms with van der Waals surface area (Å²) in [5.41, 5.74) is 0.989. The largest absolute Gasteiger partial charge is 0.444 e. The number of nitrogens with one attached hydrogen (secondary N) is 3. The number of hydrogen-bond acceptors (Lipinski definition) is 8. The summed E-state index contributed by atoms with van der Waals surface area (Å²) < 4.78 is 5.23. The summed E-state index contributed by atoms with van der Waals surface area (Å²) in [5, 5.41) is 17.1. The lowest BCUT2D eigenvalue weighted by atomic mass is 10.1. The molecule has 1 aliphatic rings. The summed E-state index contributed by atoms with van der Waals surface area (Å²) in [7, 11) is 3.76. The van der Waals surface area contributed by atoms with Crippen LogP contribution >= 0.6 is 0 Å². The smallest absolute Gasteiger partial charge is 0.407 e. The number of pyridine rings is 1. The minimum absolute atomic E-state index is 0.282. The first-order chi connectivity index (χ1) is 16.6. The van der Waals surface area contributed by atoms with Crippen molar-refractivity contribution in [3.05, 3.63) is 35.5 Å². The van der Waals surface area contributed by atoms with Crippen molar-refractivity contribution in [1.82, 2.24) is 20.5 Å². The minimum Gasteiger partial charge on any atom is -0.444 e. The van der Waals surface area contributed by atoms with Crippen LogP contribution in [0.1, 0.15) is 74.8 Å². The molecule has 2 heterocycles.